The SMILES string of the molecule is Cc1c(C(F)(F)F)nnc(Oc2ccc(C#N)nc2F)c1C(=O)Nc1cccc(S(C)(=O)=O)c1. The van der Waals surface area contributed by atoms with E-state index in [9.17, 15) is 30.8 Å². The number of carbonyl (C=O) groups is 1. The van der Waals surface area contributed by atoms with E-state index in [1.165, 1.54) is 18.2 Å². The van der Waals surface area contributed by atoms with Gasteiger partial charge in [-0.25, -0.2) is 13.4 Å². The average molecular weight is 495 g/mol. The number of aromatic nitrogens is 3. The Hall–Kier alpha value is -4.12. The van der Waals surface area contributed by atoms with Crippen molar-refractivity contribution in [1.29, 1.82) is 5.26 Å². The number of ether oxygens (including phenoxy) is 1. The summed E-state index contributed by atoms with van der Waals surface area (Å²) in [5.74, 6) is -3.82. The largest absolute Gasteiger partial charge is 0.435 e. The van der Waals surface area contributed by atoms with Crippen molar-refractivity contribution in [3.05, 3.63) is 64.9 Å². The van der Waals surface area contributed by atoms with E-state index in [1.807, 2.05) is 0 Å². The van der Waals surface area contributed by atoms with Crippen LogP contribution in [0.4, 0.5) is 23.2 Å². The summed E-state index contributed by atoms with van der Waals surface area (Å²) >= 11 is 0. The van der Waals surface area contributed by atoms with Gasteiger partial charge in [0, 0.05) is 11.9 Å². The summed E-state index contributed by atoms with van der Waals surface area (Å²) in [6, 6.07) is 8.66. The number of pyridine rings is 1. The quantitative estimate of drug-likeness (QED) is 0.419. The molecule has 1 amide bonds. The number of sulfone groups is 1. The molecule has 14 heteroatoms. The molecular weight excluding hydrogens is 482 g/mol. The van der Waals surface area contributed by atoms with Crippen LogP contribution in [0.15, 0.2) is 41.3 Å². The number of nitriles is 1. The lowest BCUT2D eigenvalue weighted by Crippen LogP contribution is -2.21. The van der Waals surface area contributed by atoms with Crippen LogP contribution < -0.4 is 10.1 Å². The number of amides is 1. The Bertz CT molecular complexity index is 1440. The number of benzene rings is 1. The molecule has 9 nitrogen and oxygen atoms in total. The van der Waals surface area contributed by atoms with E-state index in [4.69, 9.17) is 10.00 Å². The standard InChI is InChI=1S/C20H13F4N5O4S/c1-10-15(18(30)27-11-4-3-5-13(8-11)34(2,31)32)19(29-28-16(10)20(22,23)24)33-14-7-6-12(9-25)26-17(14)21/h3-8H,1-2H3,(H,27,30). The van der Waals surface area contributed by atoms with E-state index >= 15 is 0 Å². The number of nitrogens with zero attached hydrogens (tertiary/aromatic N) is 4. The van der Waals surface area contributed by atoms with Crippen molar-refractivity contribution in [3.63, 3.8) is 0 Å². The summed E-state index contributed by atoms with van der Waals surface area (Å²) in [7, 11) is -3.64. The van der Waals surface area contributed by atoms with Gasteiger partial charge in [0.25, 0.3) is 17.7 Å². The fourth-order valence-corrected chi connectivity index (χ4v) is 3.44. The lowest BCUT2D eigenvalue weighted by molar-refractivity contribution is -0.142. The van der Waals surface area contributed by atoms with Crippen molar-refractivity contribution in [2.24, 2.45) is 0 Å². The second kappa shape index (κ2) is 9.02. The highest BCUT2D eigenvalue weighted by Crippen LogP contribution is 2.35. The topological polar surface area (TPSA) is 135 Å². The van der Waals surface area contributed by atoms with Crippen LogP contribution in [0.3, 0.4) is 0 Å². The van der Waals surface area contributed by atoms with E-state index in [1.54, 1.807) is 6.07 Å². The molecule has 0 unspecified atom stereocenters. The molecule has 1 N–H and O–H groups in total. The summed E-state index contributed by atoms with van der Waals surface area (Å²) < 4.78 is 82.9. The summed E-state index contributed by atoms with van der Waals surface area (Å²) in [5.41, 5.74) is -3.21. The molecule has 3 aromatic rings. The monoisotopic (exact) mass is 495 g/mol. The smallest absolute Gasteiger partial charge is 0.432 e. The molecule has 0 bridgehead atoms. The molecule has 0 aliphatic heterocycles. The third-order valence-corrected chi connectivity index (χ3v) is 5.45. The van der Waals surface area contributed by atoms with Gasteiger partial charge in [0.2, 0.25) is 0 Å². The number of alkyl halides is 3. The molecule has 176 valence electrons. The molecule has 0 aliphatic rings. The molecule has 0 spiro atoms. The fraction of sp³-hybridized carbons (Fsp3) is 0.150. The maximum Gasteiger partial charge on any atom is 0.435 e. The molecule has 0 radical (unpaired) electrons. The van der Waals surface area contributed by atoms with Crippen LogP contribution in [0.25, 0.3) is 0 Å². The Balaban J connectivity index is 2.08. The van der Waals surface area contributed by atoms with Gasteiger partial charge in [-0.05, 0) is 42.8 Å². The fourth-order valence-electron chi connectivity index (χ4n) is 2.77. The van der Waals surface area contributed by atoms with E-state index in [0.29, 0.717) is 0 Å². The number of carbonyl (C=O) groups excluding carboxylic acids is 1. The number of rotatable bonds is 5. The normalized spacial score (nSPS) is 11.6. The molecule has 0 saturated heterocycles. The van der Waals surface area contributed by atoms with E-state index in [2.05, 4.69) is 20.5 Å². The van der Waals surface area contributed by atoms with Crippen LogP contribution in [0, 0.1) is 24.2 Å². The lowest BCUT2D eigenvalue weighted by Gasteiger charge is -2.16. The number of hydrogen-bond acceptors (Lipinski definition) is 8. The van der Waals surface area contributed by atoms with Crippen molar-refractivity contribution in [2.45, 2.75) is 18.0 Å². The third-order valence-electron chi connectivity index (χ3n) is 4.34. The highest BCUT2D eigenvalue weighted by Gasteiger charge is 2.38. The first-order valence-corrected chi connectivity index (χ1v) is 11.0. The summed E-state index contributed by atoms with van der Waals surface area (Å²) in [4.78, 5) is 16.1. The number of anilines is 1. The van der Waals surface area contributed by atoms with Crippen LogP contribution in [0.5, 0.6) is 11.6 Å². The zero-order chi connectivity index (χ0) is 25.3. The molecule has 2 heterocycles. The summed E-state index contributed by atoms with van der Waals surface area (Å²) in [6.07, 6.45) is -4.03. The Morgan fingerprint density at radius 1 is 1.18 bits per heavy atom. The van der Waals surface area contributed by atoms with Crippen molar-refractivity contribution in [3.8, 4) is 17.7 Å². The summed E-state index contributed by atoms with van der Waals surface area (Å²) in [6.45, 7) is 0.944. The second-order valence-electron chi connectivity index (χ2n) is 6.80. The highest BCUT2D eigenvalue weighted by atomic mass is 32.2. The second-order valence-corrected chi connectivity index (χ2v) is 8.82. The molecule has 0 atom stereocenters. The Morgan fingerprint density at radius 3 is 2.47 bits per heavy atom. The van der Waals surface area contributed by atoms with Crippen LogP contribution >= 0.6 is 0 Å². The predicted molar refractivity (Wildman–Crippen MR) is 108 cm³/mol. The molecule has 0 aliphatic carbocycles. The van der Waals surface area contributed by atoms with Crippen LogP contribution in [0.1, 0.15) is 27.3 Å². The predicted octanol–water partition coefficient (Wildman–Crippen LogP) is 3.66. The van der Waals surface area contributed by atoms with Crippen molar-refractivity contribution in [2.75, 3.05) is 11.6 Å². The zero-order valence-electron chi connectivity index (χ0n) is 17.3. The average Bonchev–Trinajstić information content (AvgIpc) is 2.73. The lowest BCUT2D eigenvalue weighted by atomic mass is 10.1. The minimum atomic E-state index is -4.97. The number of nitrogens with one attached hydrogen (secondary N) is 1. The maximum absolute atomic E-state index is 14.2. The third kappa shape index (κ3) is 5.26. The first-order valence-electron chi connectivity index (χ1n) is 9.11. The van der Waals surface area contributed by atoms with Crippen LogP contribution in [-0.2, 0) is 16.0 Å². The van der Waals surface area contributed by atoms with Gasteiger partial charge < -0.3 is 10.1 Å². The first kappa shape index (κ1) is 24.5. The van der Waals surface area contributed by atoms with Crippen molar-refractivity contribution < 1.29 is 35.5 Å². The molecule has 0 fully saturated rings. The van der Waals surface area contributed by atoms with Crippen LogP contribution in [0.2, 0.25) is 0 Å². The van der Waals surface area contributed by atoms with Gasteiger partial charge in [0.15, 0.2) is 21.3 Å². The van der Waals surface area contributed by atoms with Crippen molar-refractivity contribution in [1.82, 2.24) is 15.2 Å². The van der Waals surface area contributed by atoms with Gasteiger partial charge in [0.1, 0.15) is 17.3 Å². The Morgan fingerprint density at radius 2 is 1.88 bits per heavy atom. The minimum absolute atomic E-state index is 0.0464. The van der Waals surface area contributed by atoms with Gasteiger partial charge >= 0.3 is 6.18 Å². The van der Waals surface area contributed by atoms with E-state index in [0.717, 1.165) is 31.4 Å². The molecule has 3 rings (SSSR count). The van der Waals surface area contributed by atoms with Gasteiger partial charge in [-0.1, -0.05) is 6.07 Å². The molecular formula is C20H13F4N5O4S. The molecule has 1 aromatic carbocycles. The van der Waals surface area contributed by atoms with Gasteiger partial charge in [-0.3, -0.25) is 4.79 Å². The minimum Gasteiger partial charge on any atom is -0.432 e. The zero-order valence-corrected chi connectivity index (χ0v) is 18.1. The summed E-state index contributed by atoms with van der Waals surface area (Å²) in [5, 5.41) is 17.4. The number of halogens is 4. The Kier molecular flexibility index (Phi) is 6.51. The number of hydrogen-bond donors (Lipinski definition) is 1. The van der Waals surface area contributed by atoms with Crippen LogP contribution in [-0.4, -0.2) is 35.8 Å². The van der Waals surface area contributed by atoms with Gasteiger partial charge in [0.05, 0.1) is 4.90 Å². The maximum atomic E-state index is 14.2. The van der Waals surface area contributed by atoms with E-state index < -0.39 is 56.3 Å². The molecule has 34 heavy (non-hydrogen) atoms. The molecule has 0 saturated carbocycles. The molecule has 2 aromatic heterocycles. The van der Waals surface area contributed by atoms with E-state index in [-0.39, 0.29) is 16.3 Å². The van der Waals surface area contributed by atoms with Gasteiger partial charge in [-0.15, -0.1) is 10.2 Å². The Labute approximate surface area is 190 Å². The first-order chi connectivity index (χ1) is 15.8. The van der Waals surface area contributed by atoms with Gasteiger partial charge in [-0.2, -0.15) is 22.8 Å². The van der Waals surface area contributed by atoms with Crippen molar-refractivity contribution >= 4 is 21.4 Å². The highest BCUT2D eigenvalue weighted by molar-refractivity contribution is 7.90.